The highest BCUT2D eigenvalue weighted by Crippen LogP contribution is 2.23. The van der Waals surface area contributed by atoms with Crippen LogP contribution in [0.5, 0.6) is 5.75 Å². The summed E-state index contributed by atoms with van der Waals surface area (Å²) in [6.07, 6.45) is 0. The average Bonchev–Trinajstić information content (AvgIpc) is 2.85. The van der Waals surface area contributed by atoms with E-state index in [0.29, 0.717) is 16.9 Å². The summed E-state index contributed by atoms with van der Waals surface area (Å²) in [5, 5.41) is 0.826. The summed E-state index contributed by atoms with van der Waals surface area (Å²) in [6.45, 7) is 3.25. The van der Waals surface area contributed by atoms with E-state index >= 15 is 0 Å². The van der Waals surface area contributed by atoms with Crippen molar-refractivity contribution in [2.75, 3.05) is 7.11 Å². The van der Waals surface area contributed by atoms with Gasteiger partial charge in [-0.15, -0.1) is 0 Å². The number of nitrogens with zero attached hydrogens (tertiary/aromatic N) is 1. The smallest absolute Gasteiger partial charge is 0.252 e. The number of hydrogen-bond acceptors (Lipinski definition) is 5. The Balaban J connectivity index is 1.76. The van der Waals surface area contributed by atoms with Gasteiger partial charge >= 0.3 is 0 Å². The van der Waals surface area contributed by atoms with E-state index in [0.717, 1.165) is 22.0 Å². The predicted octanol–water partition coefficient (Wildman–Crippen LogP) is 4.44. The lowest BCUT2D eigenvalue weighted by Gasteiger charge is -2.23. The molecule has 1 heterocycles. The number of aryl methyl sites for hydroxylation is 1. The Labute approximate surface area is 204 Å². The third-order valence-electron chi connectivity index (χ3n) is 5.93. The number of methoxy groups -OCH3 is 1. The van der Waals surface area contributed by atoms with Gasteiger partial charge in [0.05, 0.1) is 17.5 Å². The van der Waals surface area contributed by atoms with Crippen LogP contribution < -0.4 is 10.3 Å². The van der Waals surface area contributed by atoms with Gasteiger partial charge < -0.3 is 9.72 Å². The summed E-state index contributed by atoms with van der Waals surface area (Å²) < 4.78 is 33.8. The molecule has 3 aromatic carbocycles. The number of benzene rings is 3. The Hall–Kier alpha value is -3.75. The van der Waals surface area contributed by atoms with Crippen LogP contribution in [0.1, 0.15) is 34.0 Å². The molecule has 0 saturated heterocycles. The number of carbonyl (C=O) groups excluding carboxylic acids is 1. The minimum atomic E-state index is -4.00. The van der Waals surface area contributed by atoms with Gasteiger partial charge in [-0.2, -0.15) is 4.31 Å². The van der Waals surface area contributed by atoms with E-state index in [2.05, 4.69) is 4.98 Å². The van der Waals surface area contributed by atoms with Gasteiger partial charge in [0.2, 0.25) is 10.0 Å². The summed E-state index contributed by atoms with van der Waals surface area (Å²) in [7, 11) is -2.44. The molecule has 180 valence electrons. The zero-order valence-electron chi connectivity index (χ0n) is 19.7. The number of H-pyrrole nitrogens is 1. The van der Waals surface area contributed by atoms with E-state index in [9.17, 15) is 18.0 Å². The highest BCUT2D eigenvalue weighted by Gasteiger charge is 2.26. The number of aromatic nitrogens is 1. The van der Waals surface area contributed by atoms with Crippen LogP contribution in [0.25, 0.3) is 10.9 Å². The molecule has 4 aromatic rings. The van der Waals surface area contributed by atoms with Gasteiger partial charge in [-0.1, -0.05) is 42.5 Å². The molecule has 4 rings (SSSR count). The van der Waals surface area contributed by atoms with E-state index in [1.54, 1.807) is 37.4 Å². The van der Waals surface area contributed by atoms with Crippen molar-refractivity contribution in [1.29, 1.82) is 0 Å². The van der Waals surface area contributed by atoms with Crippen molar-refractivity contribution in [2.24, 2.45) is 0 Å². The molecule has 0 bridgehead atoms. The van der Waals surface area contributed by atoms with Gasteiger partial charge in [0, 0.05) is 24.2 Å². The zero-order chi connectivity index (χ0) is 25.2. The quantitative estimate of drug-likeness (QED) is 0.369. The first-order valence-electron chi connectivity index (χ1n) is 11.0. The number of para-hydroxylation sites is 1. The summed E-state index contributed by atoms with van der Waals surface area (Å²) in [5.41, 5.74) is 2.81. The van der Waals surface area contributed by atoms with Crippen LogP contribution in [0, 0.1) is 6.92 Å². The number of rotatable bonds is 8. The molecule has 0 aliphatic carbocycles. The first kappa shape index (κ1) is 24.4. The van der Waals surface area contributed by atoms with Crippen LogP contribution in [0.15, 0.2) is 82.5 Å². The number of hydrogen-bond donors (Lipinski definition) is 1. The fourth-order valence-electron chi connectivity index (χ4n) is 3.91. The summed E-state index contributed by atoms with van der Waals surface area (Å²) in [5.74, 6) is 0.506. The Morgan fingerprint density at radius 1 is 0.971 bits per heavy atom. The molecule has 0 radical (unpaired) electrons. The summed E-state index contributed by atoms with van der Waals surface area (Å²) in [6, 6.07) is 20.3. The van der Waals surface area contributed by atoms with Gasteiger partial charge in [0.25, 0.3) is 5.56 Å². The van der Waals surface area contributed by atoms with Crippen molar-refractivity contribution >= 4 is 26.7 Å². The van der Waals surface area contributed by atoms with E-state index < -0.39 is 10.0 Å². The Morgan fingerprint density at radius 3 is 2.29 bits per heavy atom. The van der Waals surface area contributed by atoms with Crippen LogP contribution in [-0.2, 0) is 23.1 Å². The van der Waals surface area contributed by atoms with Crippen molar-refractivity contribution < 1.29 is 17.9 Å². The molecule has 0 saturated carbocycles. The number of Topliss-reactive ketones (excluding diaryl/α,β-unsaturated/α-hetero) is 1. The molecule has 0 spiro atoms. The standard InChI is InChI=1S/C27H26N2O5S/c1-18-5-4-6-22-15-23(27(31)28-26(18)22)17-29(16-20-7-11-24(34-3)12-8-20)35(32,33)25-13-9-21(10-14-25)19(2)30/h4-15H,16-17H2,1-3H3,(H,28,31). The molecule has 0 unspecified atom stereocenters. The van der Waals surface area contributed by atoms with E-state index in [-0.39, 0.29) is 29.3 Å². The second kappa shape index (κ2) is 9.85. The number of sulfonamides is 1. The Morgan fingerprint density at radius 2 is 1.66 bits per heavy atom. The maximum Gasteiger partial charge on any atom is 0.252 e. The third-order valence-corrected chi connectivity index (χ3v) is 7.73. The van der Waals surface area contributed by atoms with Crippen molar-refractivity contribution in [3.8, 4) is 5.75 Å². The molecule has 0 atom stereocenters. The molecular weight excluding hydrogens is 464 g/mol. The van der Waals surface area contributed by atoms with Crippen molar-refractivity contribution in [3.63, 3.8) is 0 Å². The largest absolute Gasteiger partial charge is 0.497 e. The van der Waals surface area contributed by atoms with E-state index in [4.69, 9.17) is 4.74 Å². The SMILES string of the molecule is COc1ccc(CN(Cc2cc3cccc(C)c3[nH]c2=O)S(=O)(=O)c2ccc(C(C)=O)cc2)cc1. The molecule has 7 nitrogen and oxygen atoms in total. The van der Waals surface area contributed by atoms with Crippen molar-refractivity contribution in [1.82, 2.24) is 9.29 Å². The van der Waals surface area contributed by atoms with E-state index in [1.807, 2.05) is 25.1 Å². The number of pyridine rings is 1. The predicted molar refractivity (Wildman–Crippen MR) is 135 cm³/mol. The van der Waals surface area contributed by atoms with Crippen molar-refractivity contribution in [3.05, 3.63) is 105 Å². The lowest BCUT2D eigenvalue weighted by atomic mass is 10.1. The fourth-order valence-corrected chi connectivity index (χ4v) is 5.31. The first-order valence-corrected chi connectivity index (χ1v) is 12.5. The van der Waals surface area contributed by atoms with Gasteiger partial charge in [0.15, 0.2) is 5.78 Å². The second-order valence-corrected chi connectivity index (χ2v) is 10.3. The molecule has 35 heavy (non-hydrogen) atoms. The van der Waals surface area contributed by atoms with Crippen LogP contribution >= 0.6 is 0 Å². The Kier molecular flexibility index (Phi) is 6.86. The summed E-state index contributed by atoms with van der Waals surface area (Å²) in [4.78, 5) is 27.5. The zero-order valence-corrected chi connectivity index (χ0v) is 20.6. The number of ketones is 1. The average molecular weight is 491 g/mol. The van der Waals surface area contributed by atoms with Crippen LogP contribution in [0.2, 0.25) is 0 Å². The summed E-state index contributed by atoms with van der Waals surface area (Å²) >= 11 is 0. The van der Waals surface area contributed by atoms with Gasteiger partial charge in [0.1, 0.15) is 5.75 Å². The maximum atomic E-state index is 13.7. The van der Waals surface area contributed by atoms with Crippen LogP contribution in [-0.4, -0.2) is 30.6 Å². The minimum absolute atomic E-state index is 0.0454. The minimum Gasteiger partial charge on any atom is -0.497 e. The van der Waals surface area contributed by atoms with Gasteiger partial charge in [-0.3, -0.25) is 9.59 Å². The molecule has 1 aromatic heterocycles. The number of carbonyl (C=O) groups is 1. The van der Waals surface area contributed by atoms with Crippen LogP contribution in [0.3, 0.4) is 0 Å². The molecule has 0 fully saturated rings. The van der Waals surface area contributed by atoms with E-state index in [1.165, 1.54) is 35.5 Å². The number of ether oxygens (including phenoxy) is 1. The fraction of sp³-hybridized carbons (Fsp3) is 0.185. The van der Waals surface area contributed by atoms with Gasteiger partial charge in [-0.25, -0.2) is 8.42 Å². The first-order chi connectivity index (χ1) is 16.7. The molecule has 0 amide bonds. The molecule has 0 aliphatic heterocycles. The topological polar surface area (TPSA) is 96.5 Å². The van der Waals surface area contributed by atoms with Crippen molar-refractivity contribution in [2.45, 2.75) is 31.8 Å². The lowest BCUT2D eigenvalue weighted by molar-refractivity contribution is 0.101. The number of nitrogens with one attached hydrogen (secondary N) is 1. The monoisotopic (exact) mass is 490 g/mol. The third kappa shape index (κ3) is 5.18. The number of aromatic amines is 1. The molecular formula is C27H26N2O5S. The van der Waals surface area contributed by atoms with Gasteiger partial charge in [-0.05, 0) is 60.7 Å². The highest BCUT2D eigenvalue weighted by molar-refractivity contribution is 7.89. The molecule has 0 aliphatic rings. The number of fused-ring (bicyclic) bond motifs is 1. The molecule has 1 N–H and O–H groups in total. The Bertz CT molecular complexity index is 1540. The maximum absolute atomic E-state index is 13.7. The second-order valence-electron chi connectivity index (χ2n) is 8.36. The normalized spacial score (nSPS) is 11.7. The lowest BCUT2D eigenvalue weighted by Crippen LogP contribution is -2.32. The van der Waals surface area contributed by atoms with Crippen LogP contribution in [0.4, 0.5) is 0 Å². The molecule has 8 heteroatoms. The highest BCUT2D eigenvalue weighted by atomic mass is 32.2.